The lowest BCUT2D eigenvalue weighted by molar-refractivity contribution is 0.0918. The van der Waals surface area contributed by atoms with Gasteiger partial charge in [-0.1, -0.05) is 18.2 Å². The minimum atomic E-state index is -0.482. The summed E-state index contributed by atoms with van der Waals surface area (Å²) in [6.45, 7) is 1.38. The topological polar surface area (TPSA) is 47.3 Å². The summed E-state index contributed by atoms with van der Waals surface area (Å²) in [5.74, 6) is 0.193. The molecule has 3 rings (SSSR count). The highest BCUT2D eigenvalue weighted by Crippen LogP contribution is 2.28. The third-order valence-electron chi connectivity index (χ3n) is 3.38. The van der Waals surface area contributed by atoms with Gasteiger partial charge in [-0.15, -0.1) is 0 Å². The van der Waals surface area contributed by atoms with E-state index >= 15 is 0 Å². The Morgan fingerprint density at radius 3 is 2.89 bits per heavy atom. The summed E-state index contributed by atoms with van der Waals surface area (Å²) < 4.78 is 7.09. The van der Waals surface area contributed by atoms with Gasteiger partial charge >= 0.3 is 0 Å². The van der Waals surface area contributed by atoms with E-state index < -0.39 is 6.10 Å². The predicted molar refractivity (Wildman–Crippen MR) is 67.4 cm³/mol. The standard InChI is InChI=1S/C14H16N2O2/c17-14(11-6-7-18-10-11)12-8-15-16(9-12)13-4-2-1-3-5-13/h1-5,8-9,11,14,17H,6-7,10H2. The summed E-state index contributed by atoms with van der Waals surface area (Å²) in [6, 6.07) is 9.89. The number of aliphatic hydroxyl groups is 1. The molecule has 1 aliphatic heterocycles. The Hall–Kier alpha value is -1.65. The average Bonchev–Trinajstić information content (AvgIpc) is 3.10. The molecule has 1 aliphatic rings. The van der Waals surface area contributed by atoms with Crippen molar-refractivity contribution in [3.63, 3.8) is 0 Å². The molecule has 0 radical (unpaired) electrons. The molecule has 1 aromatic heterocycles. The quantitative estimate of drug-likeness (QED) is 0.897. The van der Waals surface area contributed by atoms with Crippen molar-refractivity contribution in [3.8, 4) is 5.69 Å². The maximum atomic E-state index is 10.2. The maximum Gasteiger partial charge on any atom is 0.0871 e. The number of hydrogen-bond donors (Lipinski definition) is 1. The Morgan fingerprint density at radius 2 is 2.17 bits per heavy atom. The molecule has 0 bridgehead atoms. The number of rotatable bonds is 3. The maximum absolute atomic E-state index is 10.2. The fraction of sp³-hybridized carbons (Fsp3) is 0.357. The van der Waals surface area contributed by atoms with Gasteiger partial charge in [-0.2, -0.15) is 5.10 Å². The lowest BCUT2D eigenvalue weighted by Gasteiger charge is -2.14. The zero-order valence-corrected chi connectivity index (χ0v) is 10.1. The first-order chi connectivity index (χ1) is 8.84. The van der Waals surface area contributed by atoms with Gasteiger partial charge in [0.05, 0.1) is 24.6 Å². The van der Waals surface area contributed by atoms with Crippen molar-refractivity contribution < 1.29 is 9.84 Å². The van der Waals surface area contributed by atoms with Crippen molar-refractivity contribution in [1.82, 2.24) is 9.78 Å². The number of hydrogen-bond acceptors (Lipinski definition) is 3. The van der Waals surface area contributed by atoms with Gasteiger partial charge in [0.15, 0.2) is 0 Å². The van der Waals surface area contributed by atoms with Gasteiger partial charge in [0.1, 0.15) is 0 Å². The lowest BCUT2D eigenvalue weighted by atomic mass is 9.97. The van der Waals surface area contributed by atoms with E-state index in [-0.39, 0.29) is 5.92 Å². The normalized spacial score (nSPS) is 21.1. The Labute approximate surface area is 106 Å². The van der Waals surface area contributed by atoms with Gasteiger partial charge in [-0.25, -0.2) is 4.68 Å². The van der Waals surface area contributed by atoms with Gasteiger partial charge in [-0.05, 0) is 18.6 Å². The van der Waals surface area contributed by atoms with Crippen molar-refractivity contribution >= 4 is 0 Å². The largest absolute Gasteiger partial charge is 0.388 e. The van der Waals surface area contributed by atoms with Crippen molar-refractivity contribution in [3.05, 3.63) is 48.3 Å². The van der Waals surface area contributed by atoms with Crippen LogP contribution in [-0.2, 0) is 4.74 Å². The van der Waals surface area contributed by atoms with Crippen LogP contribution in [0, 0.1) is 5.92 Å². The van der Waals surface area contributed by atoms with E-state index in [4.69, 9.17) is 4.74 Å². The fourth-order valence-corrected chi connectivity index (χ4v) is 2.29. The molecule has 0 amide bonds. The summed E-state index contributed by atoms with van der Waals surface area (Å²) in [5, 5.41) is 14.5. The molecule has 0 aliphatic carbocycles. The average molecular weight is 244 g/mol. The van der Waals surface area contributed by atoms with Crippen LogP contribution in [0.25, 0.3) is 5.69 Å². The number of para-hydroxylation sites is 1. The second kappa shape index (κ2) is 4.92. The van der Waals surface area contributed by atoms with E-state index in [0.717, 1.165) is 24.3 Å². The first-order valence-corrected chi connectivity index (χ1v) is 6.20. The molecular formula is C14H16N2O2. The molecule has 1 saturated heterocycles. The predicted octanol–water partition coefficient (Wildman–Crippen LogP) is 1.94. The summed E-state index contributed by atoms with van der Waals surface area (Å²) >= 11 is 0. The molecule has 4 heteroatoms. The highest BCUT2D eigenvalue weighted by Gasteiger charge is 2.26. The third-order valence-corrected chi connectivity index (χ3v) is 3.38. The van der Waals surface area contributed by atoms with Crippen LogP contribution in [0.1, 0.15) is 18.1 Å². The lowest BCUT2D eigenvalue weighted by Crippen LogP contribution is -2.11. The van der Waals surface area contributed by atoms with Crippen molar-refractivity contribution in [2.24, 2.45) is 5.92 Å². The Balaban J connectivity index is 1.81. The van der Waals surface area contributed by atoms with Crippen LogP contribution in [-0.4, -0.2) is 28.1 Å². The first-order valence-electron chi connectivity index (χ1n) is 6.20. The molecule has 2 unspecified atom stereocenters. The van der Waals surface area contributed by atoms with E-state index in [1.54, 1.807) is 10.9 Å². The second-order valence-electron chi connectivity index (χ2n) is 4.62. The zero-order valence-electron chi connectivity index (χ0n) is 10.1. The van der Waals surface area contributed by atoms with E-state index in [2.05, 4.69) is 5.10 Å². The highest BCUT2D eigenvalue weighted by atomic mass is 16.5. The smallest absolute Gasteiger partial charge is 0.0871 e. The van der Waals surface area contributed by atoms with Crippen molar-refractivity contribution in [2.45, 2.75) is 12.5 Å². The fourth-order valence-electron chi connectivity index (χ4n) is 2.29. The summed E-state index contributed by atoms with van der Waals surface area (Å²) in [5.41, 5.74) is 1.85. The number of nitrogens with zero attached hydrogens (tertiary/aromatic N) is 2. The molecule has 0 spiro atoms. The van der Waals surface area contributed by atoms with Gasteiger partial charge in [0.2, 0.25) is 0 Å². The Bertz CT molecular complexity index is 504. The van der Waals surface area contributed by atoms with Crippen LogP contribution in [0.3, 0.4) is 0 Å². The number of aromatic nitrogens is 2. The molecule has 2 heterocycles. The molecule has 2 aromatic rings. The molecule has 0 saturated carbocycles. The number of benzene rings is 1. The summed E-state index contributed by atoms with van der Waals surface area (Å²) in [7, 11) is 0. The van der Waals surface area contributed by atoms with E-state index in [9.17, 15) is 5.11 Å². The molecule has 18 heavy (non-hydrogen) atoms. The van der Waals surface area contributed by atoms with Crippen LogP contribution in [0.15, 0.2) is 42.7 Å². The second-order valence-corrected chi connectivity index (χ2v) is 4.62. The zero-order chi connectivity index (χ0) is 12.4. The van der Waals surface area contributed by atoms with Crippen LogP contribution in [0.2, 0.25) is 0 Å². The molecule has 2 atom stereocenters. The van der Waals surface area contributed by atoms with Gasteiger partial charge < -0.3 is 9.84 Å². The molecule has 4 nitrogen and oxygen atoms in total. The summed E-state index contributed by atoms with van der Waals surface area (Å²) in [4.78, 5) is 0. The molecular weight excluding hydrogens is 228 g/mol. The van der Waals surface area contributed by atoms with Crippen molar-refractivity contribution in [1.29, 1.82) is 0 Å². The third kappa shape index (κ3) is 2.17. The SMILES string of the molecule is OC(c1cnn(-c2ccccc2)c1)C1CCOC1. The molecule has 1 N–H and O–H groups in total. The molecule has 94 valence electrons. The number of aliphatic hydroxyl groups excluding tert-OH is 1. The van der Waals surface area contributed by atoms with Crippen LogP contribution in [0.5, 0.6) is 0 Å². The van der Waals surface area contributed by atoms with Gasteiger partial charge in [0, 0.05) is 24.3 Å². The number of ether oxygens (including phenoxy) is 1. The van der Waals surface area contributed by atoms with E-state index in [1.165, 1.54) is 0 Å². The monoisotopic (exact) mass is 244 g/mol. The van der Waals surface area contributed by atoms with Crippen LogP contribution in [0.4, 0.5) is 0 Å². The van der Waals surface area contributed by atoms with Gasteiger partial charge in [0.25, 0.3) is 0 Å². The molecule has 1 fully saturated rings. The van der Waals surface area contributed by atoms with Crippen molar-refractivity contribution in [2.75, 3.05) is 13.2 Å². The minimum Gasteiger partial charge on any atom is -0.388 e. The highest BCUT2D eigenvalue weighted by molar-refractivity contribution is 5.31. The van der Waals surface area contributed by atoms with E-state index in [0.29, 0.717) is 6.61 Å². The first kappa shape index (κ1) is 11.4. The molecule has 1 aromatic carbocycles. The van der Waals surface area contributed by atoms with E-state index in [1.807, 2.05) is 36.5 Å². The summed E-state index contributed by atoms with van der Waals surface area (Å²) in [6.07, 6.45) is 4.05. The Kier molecular flexibility index (Phi) is 3.13. The van der Waals surface area contributed by atoms with Gasteiger partial charge in [-0.3, -0.25) is 0 Å². The van der Waals surface area contributed by atoms with Crippen LogP contribution < -0.4 is 0 Å². The minimum absolute atomic E-state index is 0.193. The van der Waals surface area contributed by atoms with Crippen LogP contribution >= 0.6 is 0 Å². The Morgan fingerprint density at radius 1 is 1.33 bits per heavy atom.